The van der Waals surface area contributed by atoms with Gasteiger partial charge in [-0.05, 0) is 54.6 Å². The van der Waals surface area contributed by atoms with E-state index in [0.29, 0.717) is 20.2 Å². The van der Waals surface area contributed by atoms with E-state index >= 15 is 0 Å². The fourth-order valence-electron chi connectivity index (χ4n) is 5.16. The van der Waals surface area contributed by atoms with Gasteiger partial charge < -0.3 is 28.9 Å². The molecule has 0 radical (unpaired) electrons. The highest BCUT2D eigenvalue weighted by Crippen LogP contribution is 2.36. The lowest BCUT2D eigenvalue weighted by atomic mass is 10.1. The van der Waals surface area contributed by atoms with Crippen molar-refractivity contribution in [2.75, 3.05) is 34.9 Å². The minimum atomic E-state index is 0.522. The van der Waals surface area contributed by atoms with Gasteiger partial charge in [-0.3, -0.25) is 0 Å². The Bertz CT molecular complexity index is 1410. The van der Waals surface area contributed by atoms with Crippen LogP contribution in [0.25, 0.3) is 0 Å². The summed E-state index contributed by atoms with van der Waals surface area (Å²) >= 11 is 0. The highest BCUT2D eigenvalue weighted by atomic mass is 16.5. The average Bonchev–Trinajstić information content (AvgIpc) is 2.96. The maximum absolute atomic E-state index is 6.16. The highest BCUT2D eigenvalue weighted by Gasteiger charge is 2.24. The third-order valence-electron chi connectivity index (χ3n) is 7.12. The van der Waals surface area contributed by atoms with Gasteiger partial charge >= 0.3 is 0 Å². The topological polar surface area (TPSA) is 37.4 Å². The van der Waals surface area contributed by atoms with Crippen molar-refractivity contribution in [1.82, 2.24) is 0 Å². The number of ether oxygens (including phenoxy) is 3. The first kappa shape index (κ1) is 21.0. The van der Waals surface area contributed by atoms with Crippen LogP contribution in [0.2, 0.25) is 0 Å². The molecule has 0 saturated carbocycles. The second-order valence-electron chi connectivity index (χ2n) is 9.44. The summed E-state index contributed by atoms with van der Waals surface area (Å²) in [5.41, 5.74) is 7.02. The Morgan fingerprint density at radius 3 is 1.50 bits per heavy atom. The van der Waals surface area contributed by atoms with Gasteiger partial charge in [0.15, 0.2) is 20.2 Å². The molecule has 180 valence electrons. The molecule has 0 amide bonds. The van der Waals surface area contributed by atoms with E-state index in [1.54, 1.807) is 0 Å². The molecular weight excluding hydrogens is 450 g/mol. The molecule has 0 fully saturated rings. The smallest absolute Gasteiger partial charge is 0.161 e. The monoisotopic (exact) mass is 477 g/mol. The molecule has 0 atom stereocenters. The van der Waals surface area contributed by atoms with Crippen LogP contribution in [0.1, 0.15) is 16.7 Å². The first-order chi connectivity index (χ1) is 17.8. The average molecular weight is 478 g/mol. The summed E-state index contributed by atoms with van der Waals surface area (Å²) in [5.74, 6) is 2.88. The largest absolute Gasteiger partial charge is 0.473 e. The SMILES string of the molecule is c1ccc(N2COc3ccc(N4COc5ccc(N6COc7ccccc7C6)cc5C4)cc3C2)cc1. The van der Waals surface area contributed by atoms with Crippen molar-refractivity contribution in [1.29, 1.82) is 0 Å². The number of para-hydroxylation sites is 2. The summed E-state index contributed by atoms with van der Waals surface area (Å²) in [6.07, 6.45) is 0. The first-order valence-corrected chi connectivity index (χ1v) is 12.3. The predicted octanol–water partition coefficient (Wildman–Crippen LogP) is 5.76. The Morgan fingerprint density at radius 2 is 0.889 bits per heavy atom. The van der Waals surface area contributed by atoms with Gasteiger partial charge in [0, 0.05) is 53.4 Å². The third-order valence-corrected chi connectivity index (χ3v) is 7.12. The molecule has 0 saturated heterocycles. The van der Waals surface area contributed by atoms with E-state index < -0.39 is 0 Å². The normalized spacial score (nSPS) is 16.2. The van der Waals surface area contributed by atoms with Crippen LogP contribution in [-0.2, 0) is 19.6 Å². The van der Waals surface area contributed by atoms with Crippen LogP contribution in [0.15, 0.2) is 91.0 Å². The summed E-state index contributed by atoms with van der Waals surface area (Å²) in [4.78, 5) is 6.78. The lowest BCUT2D eigenvalue weighted by Crippen LogP contribution is -2.34. The number of benzene rings is 4. The van der Waals surface area contributed by atoms with E-state index in [1.165, 1.54) is 22.4 Å². The first-order valence-electron chi connectivity index (χ1n) is 12.3. The predicted molar refractivity (Wildman–Crippen MR) is 141 cm³/mol. The maximum atomic E-state index is 6.16. The van der Waals surface area contributed by atoms with Crippen molar-refractivity contribution in [3.63, 3.8) is 0 Å². The summed E-state index contributed by atoms with van der Waals surface area (Å²) < 4.78 is 18.2. The zero-order valence-electron chi connectivity index (χ0n) is 20.0. The molecule has 3 heterocycles. The molecular formula is C30H27N3O3. The van der Waals surface area contributed by atoms with Gasteiger partial charge in [0.25, 0.3) is 0 Å². The van der Waals surface area contributed by atoms with Crippen molar-refractivity contribution < 1.29 is 14.2 Å². The summed E-state index contributed by atoms with van der Waals surface area (Å²) in [5, 5.41) is 0. The van der Waals surface area contributed by atoms with Gasteiger partial charge in [-0.25, -0.2) is 0 Å². The molecule has 0 unspecified atom stereocenters. The van der Waals surface area contributed by atoms with Crippen LogP contribution in [0.3, 0.4) is 0 Å². The minimum Gasteiger partial charge on any atom is -0.473 e. The molecule has 36 heavy (non-hydrogen) atoms. The molecule has 0 aliphatic carbocycles. The number of hydrogen-bond donors (Lipinski definition) is 0. The van der Waals surface area contributed by atoms with Gasteiger partial charge in [0.05, 0.1) is 0 Å². The molecule has 7 rings (SSSR count). The van der Waals surface area contributed by atoms with Crippen LogP contribution < -0.4 is 28.9 Å². The van der Waals surface area contributed by atoms with Crippen molar-refractivity contribution in [2.45, 2.75) is 19.6 Å². The minimum absolute atomic E-state index is 0.522. The van der Waals surface area contributed by atoms with Crippen molar-refractivity contribution >= 4 is 17.1 Å². The number of nitrogens with zero attached hydrogens (tertiary/aromatic N) is 3. The number of anilines is 3. The van der Waals surface area contributed by atoms with Gasteiger partial charge in [0.1, 0.15) is 17.2 Å². The second-order valence-corrected chi connectivity index (χ2v) is 9.44. The molecule has 6 nitrogen and oxygen atoms in total. The molecule has 6 heteroatoms. The summed E-state index contributed by atoms with van der Waals surface area (Å²) in [6, 6.07) is 31.5. The Labute approximate surface area is 210 Å². The van der Waals surface area contributed by atoms with E-state index in [-0.39, 0.29) is 0 Å². The van der Waals surface area contributed by atoms with Gasteiger partial charge in [0.2, 0.25) is 0 Å². The lowest BCUT2D eigenvalue weighted by Gasteiger charge is -2.35. The van der Waals surface area contributed by atoms with Crippen molar-refractivity contribution in [3.05, 3.63) is 108 Å². The van der Waals surface area contributed by atoms with Crippen LogP contribution in [0.5, 0.6) is 17.2 Å². The van der Waals surface area contributed by atoms with E-state index in [0.717, 1.165) is 48.3 Å². The van der Waals surface area contributed by atoms with Crippen LogP contribution in [-0.4, -0.2) is 20.2 Å². The Balaban J connectivity index is 1.11. The lowest BCUT2D eigenvalue weighted by molar-refractivity contribution is 0.284. The summed E-state index contributed by atoms with van der Waals surface area (Å²) in [7, 11) is 0. The quantitative estimate of drug-likeness (QED) is 0.374. The van der Waals surface area contributed by atoms with Crippen molar-refractivity contribution in [2.24, 2.45) is 0 Å². The number of fused-ring (bicyclic) bond motifs is 3. The van der Waals surface area contributed by atoms with E-state index in [2.05, 4.69) is 87.5 Å². The molecule has 0 aromatic heterocycles. The molecule has 0 spiro atoms. The third kappa shape index (κ3) is 3.85. The van der Waals surface area contributed by atoms with Crippen LogP contribution in [0.4, 0.5) is 17.1 Å². The molecule has 4 aromatic rings. The zero-order valence-corrected chi connectivity index (χ0v) is 20.0. The van der Waals surface area contributed by atoms with Gasteiger partial charge in [-0.2, -0.15) is 0 Å². The van der Waals surface area contributed by atoms with Crippen LogP contribution >= 0.6 is 0 Å². The second kappa shape index (κ2) is 8.72. The molecule has 0 N–H and O–H groups in total. The zero-order chi connectivity index (χ0) is 23.9. The number of rotatable bonds is 3. The molecule has 3 aliphatic heterocycles. The Kier molecular flexibility index (Phi) is 5.09. The maximum Gasteiger partial charge on any atom is 0.161 e. The molecule has 4 aromatic carbocycles. The van der Waals surface area contributed by atoms with Gasteiger partial charge in [-0.15, -0.1) is 0 Å². The Hall–Kier alpha value is -4.32. The summed E-state index contributed by atoms with van der Waals surface area (Å²) in [6.45, 7) is 4.07. The van der Waals surface area contributed by atoms with Crippen LogP contribution in [0, 0.1) is 0 Å². The molecule has 3 aliphatic rings. The fraction of sp³-hybridized carbons (Fsp3) is 0.200. The Morgan fingerprint density at radius 1 is 0.417 bits per heavy atom. The van der Waals surface area contributed by atoms with Crippen molar-refractivity contribution in [3.8, 4) is 17.2 Å². The number of hydrogen-bond acceptors (Lipinski definition) is 6. The van der Waals surface area contributed by atoms with E-state index in [1.807, 2.05) is 18.2 Å². The molecule has 0 bridgehead atoms. The van der Waals surface area contributed by atoms with E-state index in [9.17, 15) is 0 Å². The van der Waals surface area contributed by atoms with Gasteiger partial charge in [-0.1, -0.05) is 36.4 Å². The highest BCUT2D eigenvalue weighted by molar-refractivity contribution is 5.60. The standard InChI is InChI=1S/C30H27N3O3/c1-2-7-25(8-3-1)31-17-23-14-27(11-13-29(23)35-19-31)33-18-24-15-26(10-12-30(24)36-21-33)32-16-22-6-4-5-9-28(22)34-20-32/h1-15H,16-21H2. The van der Waals surface area contributed by atoms with E-state index in [4.69, 9.17) is 14.2 Å². The fourth-order valence-corrected chi connectivity index (χ4v) is 5.16.